The van der Waals surface area contributed by atoms with Crippen LogP contribution in [-0.4, -0.2) is 55.1 Å². The van der Waals surface area contributed by atoms with Crippen LogP contribution in [0.1, 0.15) is 26.7 Å². The first-order chi connectivity index (χ1) is 8.15. The van der Waals surface area contributed by atoms with Gasteiger partial charge >= 0.3 is 7.60 Å². The number of likely N-dealkylation sites (tertiary alicyclic amines) is 1. The number of rotatable bonds is 8. The highest BCUT2D eigenvalue weighted by atomic mass is 31.2. The van der Waals surface area contributed by atoms with E-state index in [0.717, 1.165) is 19.4 Å². The number of aliphatic hydroxyl groups is 1. The lowest BCUT2D eigenvalue weighted by Gasteiger charge is -2.27. The summed E-state index contributed by atoms with van der Waals surface area (Å²) in [6.07, 6.45) is 2.53. The molecule has 1 unspecified atom stereocenters. The van der Waals surface area contributed by atoms with Crippen LogP contribution >= 0.6 is 7.60 Å². The maximum absolute atomic E-state index is 12.4. The van der Waals surface area contributed by atoms with Crippen molar-refractivity contribution < 1.29 is 18.7 Å². The van der Waals surface area contributed by atoms with Crippen molar-refractivity contribution in [2.24, 2.45) is 0 Å². The van der Waals surface area contributed by atoms with Gasteiger partial charge in [-0.2, -0.15) is 0 Å². The molecule has 1 heterocycles. The topological polar surface area (TPSA) is 59.0 Å². The Kier molecular flexibility index (Phi) is 6.67. The first-order valence-electron chi connectivity index (χ1n) is 6.38. The van der Waals surface area contributed by atoms with E-state index in [1.165, 1.54) is 0 Å². The highest BCUT2D eigenvalue weighted by Crippen LogP contribution is 2.50. The number of nitrogens with zero attached hydrogens (tertiary/aromatic N) is 1. The minimum absolute atomic E-state index is 0.143. The van der Waals surface area contributed by atoms with Crippen molar-refractivity contribution in [1.29, 1.82) is 0 Å². The summed E-state index contributed by atoms with van der Waals surface area (Å²) in [5.74, 6) is 0. The third-order valence-corrected chi connectivity index (χ3v) is 5.14. The molecule has 0 aromatic heterocycles. The minimum atomic E-state index is -2.95. The van der Waals surface area contributed by atoms with E-state index in [2.05, 4.69) is 4.90 Å². The van der Waals surface area contributed by atoms with Gasteiger partial charge < -0.3 is 14.2 Å². The second-order valence-electron chi connectivity index (χ2n) is 4.18. The van der Waals surface area contributed by atoms with Crippen molar-refractivity contribution in [3.8, 4) is 0 Å². The molecule has 0 aromatic carbocycles. The Morgan fingerprint density at radius 2 is 2.00 bits per heavy atom. The van der Waals surface area contributed by atoms with Crippen molar-refractivity contribution in [1.82, 2.24) is 4.90 Å². The maximum Gasteiger partial charge on any atom is 0.332 e. The molecule has 6 heteroatoms. The fourth-order valence-electron chi connectivity index (χ4n) is 2.32. The molecule has 0 radical (unpaired) electrons. The van der Waals surface area contributed by atoms with E-state index >= 15 is 0 Å². The Morgan fingerprint density at radius 1 is 1.35 bits per heavy atom. The first kappa shape index (κ1) is 15.1. The van der Waals surface area contributed by atoms with E-state index in [-0.39, 0.29) is 12.6 Å². The van der Waals surface area contributed by atoms with Crippen LogP contribution in [0.5, 0.6) is 0 Å². The third-order valence-electron chi connectivity index (χ3n) is 2.97. The molecule has 1 aliphatic heterocycles. The largest absolute Gasteiger partial charge is 0.395 e. The molecule has 0 amide bonds. The van der Waals surface area contributed by atoms with Gasteiger partial charge in [-0.1, -0.05) is 0 Å². The Balaban J connectivity index is 2.56. The second kappa shape index (κ2) is 7.49. The van der Waals surface area contributed by atoms with Crippen LogP contribution in [-0.2, 0) is 13.6 Å². The fraction of sp³-hybridized carbons (Fsp3) is 1.00. The highest BCUT2D eigenvalue weighted by molar-refractivity contribution is 7.53. The van der Waals surface area contributed by atoms with Crippen LogP contribution in [0.4, 0.5) is 0 Å². The molecule has 1 rings (SSSR count). The van der Waals surface area contributed by atoms with Crippen molar-refractivity contribution in [2.45, 2.75) is 32.7 Å². The monoisotopic (exact) mass is 265 g/mol. The average molecular weight is 265 g/mol. The van der Waals surface area contributed by atoms with Crippen molar-refractivity contribution in [3.63, 3.8) is 0 Å². The fourth-order valence-corrected chi connectivity index (χ4v) is 4.32. The molecular weight excluding hydrogens is 241 g/mol. The molecule has 1 atom stereocenters. The molecule has 1 aliphatic rings. The van der Waals surface area contributed by atoms with E-state index in [0.29, 0.717) is 25.9 Å². The van der Waals surface area contributed by atoms with Crippen LogP contribution < -0.4 is 0 Å². The van der Waals surface area contributed by atoms with Gasteiger partial charge in [0.15, 0.2) is 0 Å². The second-order valence-corrected chi connectivity index (χ2v) is 6.29. The average Bonchev–Trinajstić information content (AvgIpc) is 2.66. The summed E-state index contributed by atoms with van der Waals surface area (Å²) in [5, 5.41) is 8.98. The molecule has 0 aliphatic carbocycles. The number of aliphatic hydroxyl groups excluding tert-OH is 1. The van der Waals surface area contributed by atoms with Crippen LogP contribution in [0.25, 0.3) is 0 Å². The Bertz CT molecular complexity index is 252. The number of hydrogen-bond donors (Lipinski definition) is 1. The standard InChI is InChI=1S/C11H24NO4P/c1-3-15-17(14,16-4-2)10-11-6-5-7-12(11)8-9-13/h11,13H,3-10H2,1-2H3. The van der Waals surface area contributed by atoms with Gasteiger partial charge in [0, 0.05) is 12.6 Å². The van der Waals surface area contributed by atoms with E-state index in [4.69, 9.17) is 14.2 Å². The molecule has 17 heavy (non-hydrogen) atoms. The van der Waals surface area contributed by atoms with E-state index in [1.54, 1.807) is 0 Å². The lowest BCUT2D eigenvalue weighted by Crippen LogP contribution is -2.34. The molecule has 1 saturated heterocycles. The van der Waals surface area contributed by atoms with Crippen molar-refractivity contribution >= 4 is 7.60 Å². The lowest BCUT2D eigenvalue weighted by molar-refractivity contribution is 0.178. The summed E-state index contributed by atoms with van der Waals surface area (Å²) in [4.78, 5) is 2.17. The molecule has 1 fully saturated rings. The summed E-state index contributed by atoms with van der Waals surface area (Å²) in [5.41, 5.74) is 0. The smallest absolute Gasteiger partial charge is 0.332 e. The van der Waals surface area contributed by atoms with E-state index in [1.807, 2.05) is 13.8 Å². The zero-order valence-electron chi connectivity index (χ0n) is 10.8. The van der Waals surface area contributed by atoms with Gasteiger partial charge in [-0.3, -0.25) is 9.46 Å². The maximum atomic E-state index is 12.4. The first-order valence-corrected chi connectivity index (χ1v) is 8.11. The Morgan fingerprint density at radius 3 is 2.53 bits per heavy atom. The zero-order valence-corrected chi connectivity index (χ0v) is 11.7. The predicted octanol–water partition coefficient (Wildman–Crippen LogP) is 1.71. The van der Waals surface area contributed by atoms with Crippen LogP contribution in [0.15, 0.2) is 0 Å². The molecule has 5 nitrogen and oxygen atoms in total. The lowest BCUT2D eigenvalue weighted by atomic mass is 10.2. The molecule has 102 valence electrons. The minimum Gasteiger partial charge on any atom is -0.395 e. The van der Waals surface area contributed by atoms with Gasteiger partial charge in [0.05, 0.1) is 26.0 Å². The van der Waals surface area contributed by atoms with Crippen molar-refractivity contribution in [2.75, 3.05) is 39.1 Å². The summed E-state index contributed by atoms with van der Waals surface area (Å²) >= 11 is 0. The summed E-state index contributed by atoms with van der Waals surface area (Å²) in [6.45, 7) is 6.21. The summed E-state index contributed by atoms with van der Waals surface area (Å²) in [6, 6.07) is 0.214. The Labute approximate surface area is 104 Å². The van der Waals surface area contributed by atoms with E-state index < -0.39 is 7.60 Å². The van der Waals surface area contributed by atoms with Gasteiger partial charge in [-0.15, -0.1) is 0 Å². The van der Waals surface area contributed by atoms with E-state index in [9.17, 15) is 4.57 Å². The van der Waals surface area contributed by atoms with Crippen molar-refractivity contribution in [3.05, 3.63) is 0 Å². The third kappa shape index (κ3) is 4.68. The van der Waals surface area contributed by atoms with Gasteiger partial charge in [0.25, 0.3) is 0 Å². The molecule has 1 N–H and O–H groups in total. The van der Waals surface area contributed by atoms with Crippen LogP contribution in [0.3, 0.4) is 0 Å². The quantitative estimate of drug-likeness (QED) is 0.677. The zero-order chi connectivity index (χ0) is 12.7. The molecule has 0 bridgehead atoms. The van der Waals surface area contributed by atoms with Gasteiger partial charge in [0.1, 0.15) is 0 Å². The number of β-amino-alcohol motifs (C(OH)–C–C–N with tert-alkyl or cyclic N) is 1. The van der Waals surface area contributed by atoms with Gasteiger partial charge in [-0.25, -0.2) is 0 Å². The molecule has 0 aromatic rings. The summed E-state index contributed by atoms with van der Waals surface area (Å²) in [7, 11) is -2.95. The Hall–Kier alpha value is 0.0700. The highest BCUT2D eigenvalue weighted by Gasteiger charge is 2.33. The predicted molar refractivity (Wildman–Crippen MR) is 67.4 cm³/mol. The molecule has 0 saturated carbocycles. The normalized spacial score (nSPS) is 22.2. The van der Waals surface area contributed by atoms with Gasteiger partial charge in [-0.05, 0) is 33.2 Å². The van der Waals surface area contributed by atoms with Crippen LogP contribution in [0.2, 0.25) is 0 Å². The molecular formula is C11H24NO4P. The van der Waals surface area contributed by atoms with Crippen LogP contribution in [0, 0.1) is 0 Å². The SMILES string of the molecule is CCOP(=O)(CC1CCCN1CCO)OCC. The van der Waals surface area contributed by atoms with Gasteiger partial charge in [0.2, 0.25) is 0 Å². The summed E-state index contributed by atoms with van der Waals surface area (Å²) < 4.78 is 23.0. The number of hydrogen-bond acceptors (Lipinski definition) is 5. The molecule has 0 spiro atoms.